The number of hydrogen-bond acceptors (Lipinski definition) is 3. The van der Waals surface area contributed by atoms with Gasteiger partial charge >= 0.3 is 0 Å². The largest absolute Gasteiger partial charge is 0.341 e. The standard InChI is InChI=1S/C19H20ClNO3S/c20-17-8-4-7-16(13-17)18(15-5-2-1-3-6-15)14-19(22)21-9-11-25(23,24)12-10-21/h1-8,13,18H,9-12,14H2. The molecule has 1 amide bonds. The van der Waals surface area contributed by atoms with Crippen molar-refractivity contribution in [3.63, 3.8) is 0 Å². The van der Waals surface area contributed by atoms with E-state index in [-0.39, 0.29) is 36.4 Å². The zero-order chi connectivity index (χ0) is 17.9. The molecule has 3 rings (SSSR count). The van der Waals surface area contributed by atoms with E-state index in [1.54, 1.807) is 4.90 Å². The van der Waals surface area contributed by atoms with Gasteiger partial charge in [0.25, 0.3) is 0 Å². The predicted molar refractivity (Wildman–Crippen MR) is 99.6 cm³/mol. The lowest BCUT2D eigenvalue weighted by molar-refractivity contribution is -0.131. The van der Waals surface area contributed by atoms with Gasteiger partial charge in [0.1, 0.15) is 0 Å². The highest BCUT2D eigenvalue weighted by atomic mass is 35.5. The molecule has 1 unspecified atom stereocenters. The van der Waals surface area contributed by atoms with Gasteiger partial charge in [0.05, 0.1) is 11.5 Å². The van der Waals surface area contributed by atoms with Crippen LogP contribution in [0.2, 0.25) is 5.02 Å². The summed E-state index contributed by atoms with van der Waals surface area (Å²) in [4.78, 5) is 14.4. The SMILES string of the molecule is O=C(CC(c1ccccc1)c1cccc(Cl)c1)N1CCS(=O)(=O)CC1. The number of benzene rings is 2. The first-order chi connectivity index (χ1) is 11.9. The molecule has 132 valence electrons. The van der Waals surface area contributed by atoms with Crippen molar-refractivity contribution in [2.24, 2.45) is 0 Å². The Bertz CT molecular complexity index is 838. The van der Waals surface area contributed by atoms with E-state index >= 15 is 0 Å². The van der Waals surface area contributed by atoms with Crippen LogP contribution in [0.3, 0.4) is 0 Å². The van der Waals surface area contributed by atoms with E-state index in [1.807, 2.05) is 54.6 Å². The highest BCUT2D eigenvalue weighted by molar-refractivity contribution is 7.91. The Kier molecular flexibility index (Phi) is 5.45. The highest BCUT2D eigenvalue weighted by Crippen LogP contribution is 2.30. The van der Waals surface area contributed by atoms with Crippen LogP contribution in [-0.4, -0.2) is 43.8 Å². The minimum absolute atomic E-state index is 0.0243. The van der Waals surface area contributed by atoms with Gasteiger partial charge in [0, 0.05) is 30.5 Å². The van der Waals surface area contributed by atoms with Crippen molar-refractivity contribution in [2.75, 3.05) is 24.6 Å². The van der Waals surface area contributed by atoms with Crippen molar-refractivity contribution >= 4 is 27.3 Å². The Hall–Kier alpha value is -1.85. The van der Waals surface area contributed by atoms with E-state index in [9.17, 15) is 13.2 Å². The Labute approximate surface area is 153 Å². The maximum Gasteiger partial charge on any atom is 0.223 e. The molecule has 1 atom stereocenters. The van der Waals surface area contributed by atoms with Crippen LogP contribution in [0.1, 0.15) is 23.5 Å². The first kappa shape index (κ1) is 18.0. The first-order valence-corrected chi connectivity index (χ1v) is 10.4. The van der Waals surface area contributed by atoms with E-state index in [4.69, 9.17) is 11.6 Å². The second kappa shape index (κ2) is 7.58. The minimum Gasteiger partial charge on any atom is -0.341 e. The number of halogens is 1. The van der Waals surface area contributed by atoms with Gasteiger partial charge in [-0.2, -0.15) is 0 Å². The molecule has 4 nitrogen and oxygen atoms in total. The van der Waals surface area contributed by atoms with E-state index in [0.717, 1.165) is 11.1 Å². The number of carbonyl (C=O) groups is 1. The van der Waals surface area contributed by atoms with Crippen LogP contribution in [0.25, 0.3) is 0 Å². The summed E-state index contributed by atoms with van der Waals surface area (Å²) in [6, 6.07) is 17.4. The topological polar surface area (TPSA) is 54.5 Å². The molecule has 0 N–H and O–H groups in total. The molecule has 1 aliphatic heterocycles. The Morgan fingerprint density at radius 2 is 1.64 bits per heavy atom. The summed E-state index contributed by atoms with van der Waals surface area (Å²) in [6.45, 7) is 0.552. The number of nitrogens with zero attached hydrogens (tertiary/aromatic N) is 1. The third-order valence-corrected chi connectivity index (χ3v) is 6.37. The summed E-state index contributed by atoms with van der Waals surface area (Å²) in [5.41, 5.74) is 2.03. The Morgan fingerprint density at radius 3 is 2.28 bits per heavy atom. The molecule has 0 saturated carbocycles. The van der Waals surface area contributed by atoms with E-state index in [2.05, 4.69) is 0 Å². The van der Waals surface area contributed by atoms with Gasteiger partial charge in [-0.3, -0.25) is 4.79 Å². The normalized spacial score (nSPS) is 17.9. The molecule has 0 spiro atoms. The third kappa shape index (κ3) is 4.61. The van der Waals surface area contributed by atoms with Crippen LogP contribution in [0, 0.1) is 0 Å². The fraction of sp³-hybridized carbons (Fsp3) is 0.316. The lowest BCUT2D eigenvalue weighted by atomic mass is 9.88. The Morgan fingerprint density at radius 1 is 1.00 bits per heavy atom. The molecule has 1 saturated heterocycles. The summed E-state index contributed by atoms with van der Waals surface area (Å²) in [5.74, 6) is -0.0349. The summed E-state index contributed by atoms with van der Waals surface area (Å²) in [7, 11) is -3.00. The molecule has 1 heterocycles. The molecule has 0 aliphatic carbocycles. The van der Waals surface area contributed by atoms with Crippen LogP contribution >= 0.6 is 11.6 Å². The van der Waals surface area contributed by atoms with Crippen LogP contribution in [0.4, 0.5) is 0 Å². The van der Waals surface area contributed by atoms with Crippen molar-refractivity contribution in [3.8, 4) is 0 Å². The average Bonchev–Trinajstić information content (AvgIpc) is 2.60. The van der Waals surface area contributed by atoms with Crippen molar-refractivity contribution < 1.29 is 13.2 Å². The number of sulfone groups is 1. The minimum atomic E-state index is -3.00. The van der Waals surface area contributed by atoms with Crippen LogP contribution in [-0.2, 0) is 14.6 Å². The van der Waals surface area contributed by atoms with Crippen molar-refractivity contribution in [1.82, 2.24) is 4.90 Å². The van der Waals surface area contributed by atoms with E-state index in [0.29, 0.717) is 11.4 Å². The van der Waals surface area contributed by atoms with E-state index in [1.165, 1.54) is 0 Å². The van der Waals surface area contributed by atoms with Crippen molar-refractivity contribution in [3.05, 3.63) is 70.7 Å². The second-order valence-corrected chi connectivity index (χ2v) is 9.00. The zero-order valence-electron chi connectivity index (χ0n) is 13.8. The van der Waals surface area contributed by atoms with Gasteiger partial charge in [-0.1, -0.05) is 54.1 Å². The summed E-state index contributed by atoms with van der Waals surface area (Å²) < 4.78 is 23.1. The third-order valence-electron chi connectivity index (χ3n) is 4.53. The molecule has 2 aromatic carbocycles. The predicted octanol–water partition coefficient (Wildman–Crippen LogP) is 3.12. The van der Waals surface area contributed by atoms with Crippen molar-refractivity contribution in [1.29, 1.82) is 0 Å². The first-order valence-electron chi connectivity index (χ1n) is 8.23. The fourth-order valence-corrected chi connectivity index (χ4v) is 4.50. The molecular formula is C19H20ClNO3S. The van der Waals surface area contributed by atoms with Crippen LogP contribution in [0.15, 0.2) is 54.6 Å². The average molecular weight is 378 g/mol. The molecule has 6 heteroatoms. The lowest BCUT2D eigenvalue weighted by Crippen LogP contribution is -2.44. The van der Waals surface area contributed by atoms with Gasteiger partial charge in [-0.15, -0.1) is 0 Å². The maximum atomic E-state index is 12.7. The van der Waals surface area contributed by atoms with Gasteiger partial charge < -0.3 is 4.90 Å². The number of rotatable bonds is 4. The van der Waals surface area contributed by atoms with Crippen LogP contribution < -0.4 is 0 Å². The van der Waals surface area contributed by atoms with Crippen molar-refractivity contribution in [2.45, 2.75) is 12.3 Å². The molecule has 25 heavy (non-hydrogen) atoms. The highest BCUT2D eigenvalue weighted by Gasteiger charge is 2.27. The zero-order valence-corrected chi connectivity index (χ0v) is 15.3. The molecule has 0 aromatic heterocycles. The van der Waals surface area contributed by atoms with Gasteiger partial charge in [-0.25, -0.2) is 8.42 Å². The number of hydrogen-bond donors (Lipinski definition) is 0. The van der Waals surface area contributed by atoms with E-state index < -0.39 is 9.84 Å². The maximum absolute atomic E-state index is 12.7. The molecular weight excluding hydrogens is 358 g/mol. The lowest BCUT2D eigenvalue weighted by Gasteiger charge is -2.28. The quantitative estimate of drug-likeness (QED) is 0.822. The fourth-order valence-electron chi connectivity index (χ4n) is 3.10. The monoisotopic (exact) mass is 377 g/mol. The summed E-state index contributed by atoms with van der Waals surface area (Å²) >= 11 is 6.13. The molecule has 1 aliphatic rings. The summed E-state index contributed by atoms with van der Waals surface area (Å²) in [6.07, 6.45) is 0.296. The van der Waals surface area contributed by atoms with Crippen LogP contribution in [0.5, 0.6) is 0 Å². The Balaban J connectivity index is 1.82. The smallest absolute Gasteiger partial charge is 0.223 e. The van der Waals surface area contributed by atoms with Gasteiger partial charge in [0.15, 0.2) is 9.84 Å². The molecule has 0 radical (unpaired) electrons. The van der Waals surface area contributed by atoms with Gasteiger partial charge in [0.2, 0.25) is 5.91 Å². The molecule has 0 bridgehead atoms. The second-order valence-electron chi connectivity index (χ2n) is 6.26. The number of amides is 1. The number of carbonyl (C=O) groups excluding carboxylic acids is 1. The van der Waals surface area contributed by atoms with Gasteiger partial charge in [-0.05, 0) is 23.3 Å². The molecule has 1 fully saturated rings. The summed E-state index contributed by atoms with van der Waals surface area (Å²) in [5, 5.41) is 0.634. The molecule has 2 aromatic rings.